The summed E-state index contributed by atoms with van der Waals surface area (Å²) in [5.41, 5.74) is 0.835. The van der Waals surface area contributed by atoms with Gasteiger partial charge in [-0.15, -0.1) is 0 Å². The Kier molecular flexibility index (Phi) is 9.42. The number of hydrogen-bond donors (Lipinski definition) is 1. The van der Waals surface area contributed by atoms with E-state index < -0.39 is 7.82 Å². The minimum atomic E-state index is -4.64. The standard InChI is InChI=1S/C27H49O4P.Na/c1-18(2)7-6-8-19(3)23-11-12-24-22-10-9-20-17-21(31-32(28,29)30)13-15-26(20,4)25(22)14-16-27(23,24)5;/h18-25H,6-17H2,1-5H3,(H2,28,29,30);/q;+1/p-1/t19-,20?,21?,22-,23-,24?,25-,26+,27-;/m1./s1. The average molecular weight is 491 g/mol. The van der Waals surface area contributed by atoms with Crippen LogP contribution in [0.5, 0.6) is 0 Å². The molecule has 4 saturated carbocycles. The molecule has 4 aliphatic carbocycles. The SMILES string of the molecule is CC(C)CCC[C@@H](C)[C@H]1CCC2[C@H]3CCC4CC(OP(=O)([O-])O)CC[C@]4(C)[C@@H]3CC[C@@]21C.[Na+]. The number of rotatable bonds is 7. The first kappa shape index (κ1) is 28.7. The Balaban J connectivity index is 0.00000306. The molecule has 0 heterocycles. The van der Waals surface area contributed by atoms with Gasteiger partial charge < -0.3 is 14.3 Å². The summed E-state index contributed by atoms with van der Waals surface area (Å²) in [5.74, 6) is 5.61. The molecule has 0 amide bonds. The summed E-state index contributed by atoms with van der Waals surface area (Å²) in [6.45, 7) is 12.4. The predicted octanol–water partition coefficient (Wildman–Crippen LogP) is 3.96. The molecule has 0 aliphatic heterocycles. The van der Waals surface area contributed by atoms with Gasteiger partial charge in [0.15, 0.2) is 0 Å². The van der Waals surface area contributed by atoms with Crippen molar-refractivity contribution in [1.29, 1.82) is 0 Å². The zero-order valence-corrected chi connectivity index (χ0v) is 25.1. The summed E-state index contributed by atoms with van der Waals surface area (Å²) in [6.07, 6.45) is 14.5. The first-order valence-corrected chi connectivity index (χ1v) is 15.2. The Morgan fingerprint density at radius 3 is 2.30 bits per heavy atom. The molecule has 186 valence electrons. The molecule has 0 saturated heterocycles. The molecule has 4 nitrogen and oxygen atoms in total. The molecule has 4 rings (SSSR count). The first-order chi connectivity index (χ1) is 14.9. The van der Waals surface area contributed by atoms with E-state index in [-0.39, 0.29) is 35.7 Å². The molecule has 0 aromatic rings. The molecule has 1 N–H and O–H groups in total. The summed E-state index contributed by atoms with van der Waals surface area (Å²) in [5, 5.41) is 0. The van der Waals surface area contributed by atoms with Gasteiger partial charge in [-0.05, 0) is 110 Å². The van der Waals surface area contributed by atoms with Gasteiger partial charge in [0.2, 0.25) is 0 Å². The topological polar surface area (TPSA) is 69.6 Å². The van der Waals surface area contributed by atoms with Crippen molar-refractivity contribution >= 4 is 7.82 Å². The van der Waals surface area contributed by atoms with Crippen LogP contribution in [0.15, 0.2) is 0 Å². The Morgan fingerprint density at radius 2 is 1.64 bits per heavy atom. The number of hydrogen-bond acceptors (Lipinski definition) is 3. The van der Waals surface area contributed by atoms with Crippen molar-refractivity contribution in [3.05, 3.63) is 0 Å². The summed E-state index contributed by atoms with van der Waals surface area (Å²) in [6, 6.07) is 0. The summed E-state index contributed by atoms with van der Waals surface area (Å²) in [4.78, 5) is 20.5. The van der Waals surface area contributed by atoms with Gasteiger partial charge >= 0.3 is 29.6 Å². The fourth-order valence-electron chi connectivity index (χ4n) is 9.53. The van der Waals surface area contributed by atoms with Crippen LogP contribution in [0.3, 0.4) is 0 Å². The molecular formula is C27H48NaO4P. The van der Waals surface area contributed by atoms with Crippen molar-refractivity contribution in [2.24, 2.45) is 52.3 Å². The van der Waals surface area contributed by atoms with Crippen LogP contribution >= 0.6 is 7.82 Å². The van der Waals surface area contributed by atoms with E-state index in [2.05, 4.69) is 34.6 Å². The molecule has 4 aliphatic rings. The summed E-state index contributed by atoms with van der Waals surface area (Å²) >= 11 is 0. The predicted molar refractivity (Wildman–Crippen MR) is 128 cm³/mol. The van der Waals surface area contributed by atoms with Gasteiger partial charge in [-0.3, -0.25) is 4.57 Å². The quantitative estimate of drug-likeness (QED) is 0.433. The smallest absolute Gasteiger partial charge is 0.756 e. The van der Waals surface area contributed by atoms with Gasteiger partial charge in [-0.2, -0.15) is 0 Å². The van der Waals surface area contributed by atoms with E-state index in [0.717, 1.165) is 54.8 Å². The van der Waals surface area contributed by atoms with Crippen molar-refractivity contribution in [2.75, 3.05) is 0 Å². The van der Waals surface area contributed by atoms with E-state index in [0.29, 0.717) is 16.7 Å². The molecule has 0 spiro atoms. The monoisotopic (exact) mass is 490 g/mol. The van der Waals surface area contributed by atoms with Crippen molar-refractivity contribution < 1.29 is 48.4 Å². The van der Waals surface area contributed by atoms with Crippen molar-refractivity contribution in [2.45, 2.75) is 118 Å². The molecule has 0 aromatic heterocycles. The third kappa shape index (κ3) is 5.83. The second kappa shape index (κ2) is 10.8. The molecule has 0 bridgehead atoms. The van der Waals surface area contributed by atoms with Gasteiger partial charge in [0.1, 0.15) is 0 Å². The van der Waals surface area contributed by atoms with Gasteiger partial charge in [-0.25, -0.2) is 0 Å². The zero-order valence-electron chi connectivity index (χ0n) is 22.2. The maximum Gasteiger partial charge on any atom is 1.00 e. The van der Waals surface area contributed by atoms with Crippen LogP contribution in [-0.4, -0.2) is 11.0 Å². The maximum absolute atomic E-state index is 11.3. The van der Waals surface area contributed by atoms with Crippen molar-refractivity contribution in [1.82, 2.24) is 0 Å². The zero-order chi connectivity index (χ0) is 23.3. The van der Waals surface area contributed by atoms with E-state index >= 15 is 0 Å². The van der Waals surface area contributed by atoms with Crippen LogP contribution in [0.1, 0.15) is 112 Å². The maximum atomic E-state index is 11.3. The fraction of sp³-hybridized carbons (Fsp3) is 1.00. The molecule has 0 radical (unpaired) electrons. The van der Waals surface area contributed by atoms with Crippen molar-refractivity contribution in [3.63, 3.8) is 0 Å². The summed E-state index contributed by atoms with van der Waals surface area (Å²) < 4.78 is 16.3. The van der Waals surface area contributed by atoms with Crippen LogP contribution in [0.2, 0.25) is 0 Å². The molecule has 4 fully saturated rings. The minimum absolute atomic E-state index is 0. The van der Waals surface area contributed by atoms with Crippen LogP contribution in [0, 0.1) is 52.3 Å². The van der Waals surface area contributed by atoms with Gasteiger partial charge in [0.05, 0.1) is 6.10 Å². The minimum Gasteiger partial charge on any atom is -0.756 e. The van der Waals surface area contributed by atoms with Crippen LogP contribution in [0.25, 0.3) is 0 Å². The van der Waals surface area contributed by atoms with E-state index in [9.17, 15) is 14.4 Å². The number of fused-ring (bicyclic) bond motifs is 5. The Labute approximate surface area is 225 Å². The molecular weight excluding hydrogens is 442 g/mol. The third-order valence-electron chi connectivity index (χ3n) is 11.1. The molecule has 0 aromatic carbocycles. The molecule has 6 heteroatoms. The van der Waals surface area contributed by atoms with Crippen LogP contribution < -0.4 is 34.5 Å². The van der Waals surface area contributed by atoms with Gasteiger partial charge in [-0.1, -0.05) is 53.9 Å². The second-order valence-electron chi connectivity index (χ2n) is 13.2. The van der Waals surface area contributed by atoms with Crippen molar-refractivity contribution in [3.8, 4) is 0 Å². The molecule has 4 unspecified atom stereocenters. The summed E-state index contributed by atoms with van der Waals surface area (Å²) in [7, 11) is -4.64. The third-order valence-corrected chi connectivity index (χ3v) is 11.7. The Bertz CT molecular complexity index is 710. The first-order valence-electron chi connectivity index (χ1n) is 13.7. The van der Waals surface area contributed by atoms with Crippen LogP contribution in [-0.2, 0) is 9.09 Å². The van der Waals surface area contributed by atoms with Crippen LogP contribution in [0.4, 0.5) is 0 Å². The second-order valence-corrected chi connectivity index (χ2v) is 14.3. The van der Waals surface area contributed by atoms with E-state index in [1.807, 2.05) is 0 Å². The van der Waals surface area contributed by atoms with E-state index in [1.54, 1.807) is 0 Å². The molecule has 10 atom stereocenters. The largest absolute Gasteiger partial charge is 1.00 e. The van der Waals surface area contributed by atoms with E-state index in [4.69, 9.17) is 4.52 Å². The Morgan fingerprint density at radius 1 is 0.970 bits per heavy atom. The van der Waals surface area contributed by atoms with E-state index in [1.165, 1.54) is 57.8 Å². The van der Waals surface area contributed by atoms with Gasteiger partial charge in [0, 0.05) is 0 Å². The normalized spacial score (nSPS) is 45.3. The molecule has 33 heavy (non-hydrogen) atoms. The number of phosphoric ester groups is 1. The Hall–Kier alpha value is 1.11. The number of phosphoric acid groups is 1. The van der Waals surface area contributed by atoms with Gasteiger partial charge in [0.25, 0.3) is 7.82 Å². The average Bonchev–Trinajstić information content (AvgIpc) is 3.04. The fourth-order valence-corrected chi connectivity index (χ4v) is 10.1.